The zero-order valence-electron chi connectivity index (χ0n) is 13.2. The molecule has 21 heavy (non-hydrogen) atoms. The van der Waals surface area contributed by atoms with Crippen LogP contribution in [0.15, 0.2) is 6.20 Å². The molecule has 1 aromatic heterocycles. The number of piperidine rings is 1. The third kappa shape index (κ3) is 3.83. The molecule has 0 amide bonds. The molecule has 5 heteroatoms. The predicted molar refractivity (Wildman–Crippen MR) is 82.3 cm³/mol. The minimum Gasteiger partial charge on any atom is -0.381 e. The van der Waals surface area contributed by atoms with Gasteiger partial charge in [-0.2, -0.15) is 0 Å². The number of hydrogen-bond acceptors (Lipinski definition) is 4. The van der Waals surface area contributed by atoms with Crippen LogP contribution in [0, 0.1) is 0 Å². The third-order valence-corrected chi connectivity index (χ3v) is 4.92. The Balaban J connectivity index is 1.49. The van der Waals surface area contributed by atoms with Gasteiger partial charge in [0.2, 0.25) is 0 Å². The van der Waals surface area contributed by atoms with E-state index in [1.165, 1.54) is 51.6 Å². The second-order valence-corrected chi connectivity index (χ2v) is 6.40. The van der Waals surface area contributed by atoms with Crippen molar-refractivity contribution < 1.29 is 4.74 Å². The van der Waals surface area contributed by atoms with Crippen molar-refractivity contribution in [1.29, 1.82) is 0 Å². The van der Waals surface area contributed by atoms with E-state index < -0.39 is 0 Å². The predicted octanol–water partition coefficient (Wildman–Crippen LogP) is 2.44. The van der Waals surface area contributed by atoms with Crippen molar-refractivity contribution in [2.45, 2.75) is 64.0 Å². The van der Waals surface area contributed by atoms with E-state index in [1.807, 2.05) is 0 Å². The van der Waals surface area contributed by atoms with Crippen molar-refractivity contribution in [1.82, 2.24) is 19.9 Å². The zero-order valence-corrected chi connectivity index (χ0v) is 13.2. The van der Waals surface area contributed by atoms with Crippen molar-refractivity contribution in [3.05, 3.63) is 11.9 Å². The Bertz CT molecular complexity index is 420. The molecule has 3 heterocycles. The molecule has 5 nitrogen and oxygen atoms in total. The quantitative estimate of drug-likeness (QED) is 0.836. The lowest BCUT2D eigenvalue weighted by Crippen LogP contribution is -2.44. The van der Waals surface area contributed by atoms with Gasteiger partial charge in [-0.05, 0) is 38.5 Å². The molecule has 0 spiro atoms. The summed E-state index contributed by atoms with van der Waals surface area (Å²) in [7, 11) is 0. The summed E-state index contributed by atoms with van der Waals surface area (Å²) in [4.78, 5) is 2.66. The van der Waals surface area contributed by atoms with Gasteiger partial charge in [-0.3, -0.25) is 0 Å². The summed E-state index contributed by atoms with van der Waals surface area (Å²) in [5, 5.41) is 8.68. The van der Waals surface area contributed by atoms with Gasteiger partial charge in [0.25, 0.3) is 0 Å². The highest BCUT2D eigenvalue weighted by molar-refractivity contribution is 4.94. The van der Waals surface area contributed by atoms with Gasteiger partial charge in [0.15, 0.2) is 0 Å². The van der Waals surface area contributed by atoms with E-state index >= 15 is 0 Å². The van der Waals surface area contributed by atoms with Gasteiger partial charge in [0.05, 0.1) is 11.7 Å². The SMILES string of the molecule is CCCCc1cn(C2CCN(C3CCOCC3)CC2)nn1. The molecule has 2 aliphatic rings. The van der Waals surface area contributed by atoms with Gasteiger partial charge in [-0.25, -0.2) is 4.68 Å². The number of nitrogens with zero attached hydrogens (tertiary/aromatic N) is 4. The van der Waals surface area contributed by atoms with Crippen molar-refractivity contribution in [2.75, 3.05) is 26.3 Å². The Morgan fingerprint density at radius 2 is 1.90 bits per heavy atom. The smallest absolute Gasteiger partial charge is 0.0827 e. The molecule has 2 aliphatic heterocycles. The Hall–Kier alpha value is -0.940. The summed E-state index contributed by atoms with van der Waals surface area (Å²) in [6.07, 6.45) is 10.5. The van der Waals surface area contributed by atoms with Crippen LogP contribution in [0.3, 0.4) is 0 Å². The first kappa shape index (κ1) is 15.0. The Morgan fingerprint density at radius 1 is 1.14 bits per heavy atom. The lowest BCUT2D eigenvalue weighted by atomic mass is 10.00. The standard InChI is InChI=1S/C16H28N4O/c1-2-3-4-14-13-20(18-17-14)16-5-9-19(10-6-16)15-7-11-21-12-8-15/h13,15-16H,2-12H2,1H3. The molecule has 0 bridgehead atoms. The summed E-state index contributed by atoms with van der Waals surface area (Å²) >= 11 is 0. The lowest BCUT2D eigenvalue weighted by Gasteiger charge is -2.39. The highest BCUT2D eigenvalue weighted by Crippen LogP contribution is 2.26. The van der Waals surface area contributed by atoms with Crippen LogP contribution in [-0.4, -0.2) is 52.2 Å². The molecule has 118 valence electrons. The first-order chi connectivity index (χ1) is 10.4. The minimum atomic E-state index is 0.545. The van der Waals surface area contributed by atoms with E-state index in [9.17, 15) is 0 Å². The second kappa shape index (κ2) is 7.36. The topological polar surface area (TPSA) is 43.2 Å². The Kier molecular flexibility index (Phi) is 5.25. The summed E-state index contributed by atoms with van der Waals surface area (Å²) < 4.78 is 7.58. The molecular formula is C16H28N4O. The monoisotopic (exact) mass is 292 g/mol. The number of rotatable bonds is 5. The lowest BCUT2D eigenvalue weighted by molar-refractivity contribution is 0.0211. The van der Waals surface area contributed by atoms with Crippen molar-refractivity contribution >= 4 is 0 Å². The molecule has 0 N–H and O–H groups in total. The van der Waals surface area contributed by atoms with E-state index in [2.05, 4.69) is 33.0 Å². The van der Waals surface area contributed by atoms with Crippen LogP contribution in [0.1, 0.15) is 57.2 Å². The molecule has 0 aliphatic carbocycles. The number of likely N-dealkylation sites (tertiary alicyclic amines) is 1. The van der Waals surface area contributed by atoms with Crippen molar-refractivity contribution in [3.63, 3.8) is 0 Å². The van der Waals surface area contributed by atoms with Crippen LogP contribution in [-0.2, 0) is 11.2 Å². The van der Waals surface area contributed by atoms with Crippen LogP contribution in [0.5, 0.6) is 0 Å². The van der Waals surface area contributed by atoms with Gasteiger partial charge in [-0.15, -0.1) is 5.10 Å². The first-order valence-electron chi connectivity index (χ1n) is 8.59. The molecule has 0 radical (unpaired) electrons. The van der Waals surface area contributed by atoms with Gasteiger partial charge in [0, 0.05) is 38.5 Å². The fourth-order valence-corrected chi connectivity index (χ4v) is 3.53. The van der Waals surface area contributed by atoms with Crippen molar-refractivity contribution in [2.24, 2.45) is 0 Å². The van der Waals surface area contributed by atoms with Crippen LogP contribution in [0.4, 0.5) is 0 Å². The number of ether oxygens (including phenoxy) is 1. The average Bonchev–Trinajstić information content (AvgIpc) is 3.03. The van der Waals surface area contributed by atoms with Gasteiger partial charge in [-0.1, -0.05) is 18.6 Å². The number of unbranched alkanes of at least 4 members (excludes halogenated alkanes) is 1. The summed E-state index contributed by atoms with van der Waals surface area (Å²) in [5.74, 6) is 0. The molecule has 0 aromatic carbocycles. The fraction of sp³-hybridized carbons (Fsp3) is 0.875. The van der Waals surface area contributed by atoms with E-state index in [-0.39, 0.29) is 0 Å². The molecular weight excluding hydrogens is 264 g/mol. The van der Waals surface area contributed by atoms with Crippen LogP contribution in [0.25, 0.3) is 0 Å². The maximum absolute atomic E-state index is 5.47. The third-order valence-electron chi connectivity index (χ3n) is 4.92. The zero-order chi connectivity index (χ0) is 14.5. The molecule has 2 fully saturated rings. The fourth-order valence-electron chi connectivity index (χ4n) is 3.53. The molecule has 0 atom stereocenters. The van der Waals surface area contributed by atoms with E-state index in [4.69, 9.17) is 4.74 Å². The van der Waals surface area contributed by atoms with Gasteiger partial charge < -0.3 is 9.64 Å². The number of aryl methyl sites for hydroxylation is 1. The number of aromatic nitrogens is 3. The molecule has 2 saturated heterocycles. The normalized spacial score (nSPS) is 22.7. The van der Waals surface area contributed by atoms with Gasteiger partial charge >= 0.3 is 0 Å². The van der Waals surface area contributed by atoms with Crippen LogP contribution < -0.4 is 0 Å². The van der Waals surface area contributed by atoms with Crippen LogP contribution >= 0.6 is 0 Å². The van der Waals surface area contributed by atoms with Crippen LogP contribution in [0.2, 0.25) is 0 Å². The summed E-state index contributed by atoms with van der Waals surface area (Å²) in [6.45, 7) is 6.48. The maximum Gasteiger partial charge on any atom is 0.0827 e. The molecule has 3 rings (SSSR count). The highest BCUT2D eigenvalue weighted by atomic mass is 16.5. The minimum absolute atomic E-state index is 0.545. The second-order valence-electron chi connectivity index (χ2n) is 6.40. The Morgan fingerprint density at radius 3 is 2.62 bits per heavy atom. The average molecular weight is 292 g/mol. The first-order valence-corrected chi connectivity index (χ1v) is 8.59. The molecule has 0 saturated carbocycles. The summed E-state index contributed by atoms with van der Waals surface area (Å²) in [6, 6.07) is 1.29. The van der Waals surface area contributed by atoms with E-state index in [1.54, 1.807) is 0 Å². The van der Waals surface area contributed by atoms with Gasteiger partial charge in [0.1, 0.15) is 0 Å². The maximum atomic E-state index is 5.47. The van der Waals surface area contributed by atoms with E-state index in [0.717, 1.165) is 31.4 Å². The summed E-state index contributed by atoms with van der Waals surface area (Å²) in [5.41, 5.74) is 1.16. The van der Waals surface area contributed by atoms with E-state index in [0.29, 0.717) is 6.04 Å². The highest BCUT2D eigenvalue weighted by Gasteiger charge is 2.27. The van der Waals surface area contributed by atoms with Crippen molar-refractivity contribution in [3.8, 4) is 0 Å². The number of hydrogen-bond donors (Lipinski definition) is 0. The molecule has 1 aromatic rings. The largest absolute Gasteiger partial charge is 0.381 e. The molecule has 0 unspecified atom stereocenters. The Labute approximate surface area is 127 Å².